The minimum Gasteiger partial charge on any atom is -0.311 e. The van der Waals surface area contributed by atoms with Crippen LogP contribution in [0.2, 0.25) is 0 Å². The van der Waals surface area contributed by atoms with Crippen LogP contribution in [0.15, 0.2) is 0 Å². The number of hydrogen-bond acceptors (Lipinski definition) is 3. The molecular weight excluding hydrogens is 186 g/mol. The van der Waals surface area contributed by atoms with Crippen LogP contribution in [-0.2, 0) is 0 Å². The van der Waals surface area contributed by atoms with Gasteiger partial charge < -0.3 is 5.32 Å². The van der Waals surface area contributed by atoms with Gasteiger partial charge in [0.25, 0.3) is 0 Å². The summed E-state index contributed by atoms with van der Waals surface area (Å²) in [6, 6.07) is 3.56. The molecule has 0 amide bonds. The zero-order chi connectivity index (χ0) is 10.9. The van der Waals surface area contributed by atoms with E-state index in [2.05, 4.69) is 30.1 Å². The molecular formula is C12H21N3. The lowest BCUT2D eigenvalue weighted by molar-refractivity contribution is 0.119. The SMILES string of the molecule is CC1CN(CC2(CC#N)CC2)C(C)CN1. The molecule has 0 spiro atoms. The Bertz CT molecular complexity index is 265. The number of nitrogens with one attached hydrogen (secondary N) is 1. The van der Waals surface area contributed by atoms with Crippen molar-refractivity contribution in [1.82, 2.24) is 10.2 Å². The van der Waals surface area contributed by atoms with Gasteiger partial charge in [-0.15, -0.1) is 0 Å². The van der Waals surface area contributed by atoms with Crippen LogP contribution in [-0.4, -0.2) is 36.6 Å². The van der Waals surface area contributed by atoms with Gasteiger partial charge >= 0.3 is 0 Å². The maximum Gasteiger partial charge on any atom is 0.0628 e. The molecule has 15 heavy (non-hydrogen) atoms. The van der Waals surface area contributed by atoms with Crippen LogP contribution in [0.1, 0.15) is 33.1 Å². The van der Waals surface area contributed by atoms with E-state index in [-0.39, 0.29) is 0 Å². The maximum atomic E-state index is 8.81. The van der Waals surface area contributed by atoms with E-state index < -0.39 is 0 Å². The van der Waals surface area contributed by atoms with Gasteiger partial charge in [0.15, 0.2) is 0 Å². The first-order valence-electron chi connectivity index (χ1n) is 6.00. The minimum atomic E-state index is 0.361. The topological polar surface area (TPSA) is 39.1 Å². The van der Waals surface area contributed by atoms with Crippen molar-refractivity contribution in [3.8, 4) is 6.07 Å². The fourth-order valence-electron chi connectivity index (χ4n) is 2.48. The Kier molecular flexibility index (Phi) is 2.99. The van der Waals surface area contributed by atoms with Gasteiger partial charge in [-0.3, -0.25) is 4.90 Å². The van der Waals surface area contributed by atoms with Crippen molar-refractivity contribution in [2.75, 3.05) is 19.6 Å². The van der Waals surface area contributed by atoms with Gasteiger partial charge in [-0.1, -0.05) is 0 Å². The Morgan fingerprint density at radius 1 is 1.47 bits per heavy atom. The molecule has 3 heteroatoms. The van der Waals surface area contributed by atoms with Gasteiger partial charge in [-0.2, -0.15) is 5.26 Å². The van der Waals surface area contributed by atoms with Gasteiger partial charge in [-0.25, -0.2) is 0 Å². The third-order valence-corrected chi connectivity index (χ3v) is 3.84. The van der Waals surface area contributed by atoms with E-state index in [1.165, 1.54) is 12.8 Å². The first kappa shape index (κ1) is 10.9. The summed E-state index contributed by atoms with van der Waals surface area (Å²) in [6.07, 6.45) is 3.26. The summed E-state index contributed by atoms with van der Waals surface area (Å²) >= 11 is 0. The zero-order valence-electron chi connectivity index (χ0n) is 9.79. The molecule has 1 heterocycles. The van der Waals surface area contributed by atoms with Crippen molar-refractivity contribution in [2.45, 2.75) is 45.2 Å². The first-order chi connectivity index (χ1) is 7.15. The Hall–Kier alpha value is -0.590. The molecule has 0 bridgehead atoms. The highest BCUT2D eigenvalue weighted by molar-refractivity contribution is 5.02. The molecule has 0 aromatic rings. The van der Waals surface area contributed by atoms with E-state index in [9.17, 15) is 0 Å². The number of nitriles is 1. The normalized spacial score (nSPS) is 34.7. The Morgan fingerprint density at radius 2 is 2.20 bits per heavy atom. The second-order valence-corrected chi connectivity index (χ2v) is 5.42. The second kappa shape index (κ2) is 4.11. The number of nitrogens with zero attached hydrogens (tertiary/aromatic N) is 2. The Balaban J connectivity index is 1.90. The van der Waals surface area contributed by atoms with E-state index in [1.54, 1.807) is 0 Å². The van der Waals surface area contributed by atoms with Crippen LogP contribution in [0.25, 0.3) is 0 Å². The van der Waals surface area contributed by atoms with E-state index >= 15 is 0 Å². The van der Waals surface area contributed by atoms with Crippen molar-refractivity contribution >= 4 is 0 Å². The highest BCUT2D eigenvalue weighted by atomic mass is 15.2. The van der Waals surface area contributed by atoms with Gasteiger partial charge in [0.1, 0.15) is 0 Å². The Morgan fingerprint density at radius 3 is 2.80 bits per heavy atom. The molecule has 3 nitrogen and oxygen atoms in total. The average molecular weight is 207 g/mol. The highest BCUT2D eigenvalue weighted by Gasteiger charge is 2.44. The lowest BCUT2D eigenvalue weighted by Gasteiger charge is -2.39. The number of hydrogen-bond donors (Lipinski definition) is 1. The summed E-state index contributed by atoms with van der Waals surface area (Å²) in [4.78, 5) is 2.56. The summed E-state index contributed by atoms with van der Waals surface area (Å²) in [6.45, 7) is 7.87. The zero-order valence-corrected chi connectivity index (χ0v) is 9.79. The third kappa shape index (κ3) is 2.50. The molecule has 2 rings (SSSR count). The molecule has 2 fully saturated rings. The summed E-state index contributed by atoms with van der Waals surface area (Å²) in [5.41, 5.74) is 0.361. The van der Waals surface area contributed by atoms with Crippen molar-refractivity contribution < 1.29 is 0 Å². The highest BCUT2D eigenvalue weighted by Crippen LogP contribution is 2.49. The van der Waals surface area contributed by atoms with Crippen molar-refractivity contribution in [1.29, 1.82) is 5.26 Å². The molecule has 84 valence electrons. The number of rotatable bonds is 3. The molecule has 1 saturated heterocycles. The molecule has 1 N–H and O–H groups in total. The fourth-order valence-corrected chi connectivity index (χ4v) is 2.48. The van der Waals surface area contributed by atoms with E-state index in [4.69, 9.17) is 5.26 Å². The van der Waals surface area contributed by atoms with Crippen LogP contribution in [0.3, 0.4) is 0 Å². The fraction of sp³-hybridized carbons (Fsp3) is 0.917. The lowest BCUT2D eigenvalue weighted by atomic mass is 10.0. The van der Waals surface area contributed by atoms with Crippen LogP contribution in [0.4, 0.5) is 0 Å². The standard InChI is InChI=1S/C12H21N3/c1-10-8-15(11(2)7-14-10)9-12(3-4-12)5-6-13/h10-11,14H,3-5,7-9H2,1-2H3. The van der Waals surface area contributed by atoms with Crippen molar-refractivity contribution in [3.63, 3.8) is 0 Å². The maximum absolute atomic E-state index is 8.81. The van der Waals surface area contributed by atoms with E-state index in [1.807, 2.05) is 0 Å². The van der Waals surface area contributed by atoms with Gasteiger partial charge in [0, 0.05) is 38.1 Å². The molecule has 0 radical (unpaired) electrons. The van der Waals surface area contributed by atoms with Crippen LogP contribution in [0.5, 0.6) is 0 Å². The predicted molar refractivity (Wildman–Crippen MR) is 60.4 cm³/mol. The van der Waals surface area contributed by atoms with Crippen molar-refractivity contribution in [2.24, 2.45) is 5.41 Å². The third-order valence-electron chi connectivity index (χ3n) is 3.84. The van der Waals surface area contributed by atoms with Crippen LogP contribution >= 0.6 is 0 Å². The summed E-state index contributed by atoms with van der Waals surface area (Å²) in [7, 11) is 0. The molecule has 1 saturated carbocycles. The van der Waals surface area contributed by atoms with Gasteiger partial charge in [0.05, 0.1) is 6.07 Å². The van der Waals surface area contributed by atoms with Crippen molar-refractivity contribution in [3.05, 3.63) is 0 Å². The molecule has 1 aliphatic carbocycles. The average Bonchev–Trinajstić information content (AvgIpc) is 2.92. The van der Waals surface area contributed by atoms with Gasteiger partial charge in [0.2, 0.25) is 0 Å². The Labute approximate surface area is 92.4 Å². The molecule has 1 aliphatic heterocycles. The second-order valence-electron chi connectivity index (χ2n) is 5.42. The van der Waals surface area contributed by atoms with Crippen LogP contribution in [0, 0.1) is 16.7 Å². The largest absolute Gasteiger partial charge is 0.311 e. The monoisotopic (exact) mass is 207 g/mol. The molecule has 2 aliphatic rings. The van der Waals surface area contributed by atoms with Crippen LogP contribution < -0.4 is 5.32 Å². The predicted octanol–water partition coefficient (Wildman–Crippen LogP) is 1.36. The van der Waals surface area contributed by atoms with E-state index in [0.29, 0.717) is 17.5 Å². The summed E-state index contributed by atoms with van der Waals surface area (Å²) < 4.78 is 0. The molecule has 0 aromatic carbocycles. The smallest absolute Gasteiger partial charge is 0.0628 e. The molecule has 2 unspecified atom stereocenters. The first-order valence-corrected chi connectivity index (χ1v) is 6.00. The van der Waals surface area contributed by atoms with E-state index in [0.717, 1.165) is 26.1 Å². The minimum absolute atomic E-state index is 0.361. The lowest BCUT2D eigenvalue weighted by Crippen LogP contribution is -2.55. The number of piperazine rings is 1. The summed E-state index contributed by atoms with van der Waals surface area (Å²) in [5, 5.41) is 12.3. The molecule has 0 aromatic heterocycles. The summed E-state index contributed by atoms with van der Waals surface area (Å²) in [5.74, 6) is 0. The quantitative estimate of drug-likeness (QED) is 0.759. The molecule has 2 atom stereocenters. The van der Waals surface area contributed by atoms with Gasteiger partial charge in [-0.05, 0) is 32.1 Å².